The molecule has 3 aromatic rings. The number of hydrogen-bond donors (Lipinski definition) is 3. The summed E-state index contributed by atoms with van der Waals surface area (Å²) in [7, 11) is 0. The molecule has 6 rings (SSSR count). The van der Waals surface area contributed by atoms with Crippen LogP contribution in [0.2, 0.25) is 0 Å². The number of ether oxygens (including phenoxy) is 1. The highest BCUT2D eigenvalue weighted by molar-refractivity contribution is 5.96. The normalized spacial score (nSPS) is 20.8. The molecule has 1 saturated carbocycles. The van der Waals surface area contributed by atoms with Crippen molar-refractivity contribution in [3.05, 3.63) is 89.7 Å². The zero-order valence-electron chi connectivity index (χ0n) is 29.5. The van der Waals surface area contributed by atoms with Crippen LogP contribution in [0, 0.1) is 34.5 Å². The minimum atomic E-state index is -1.04. The van der Waals surface area contributed by atoms with Crippen molar-refractivity contribution < 1.29 is 23.9 Å². The second-order valence-electron chi connectivity index (χ2n) is 14.7. The number of aromatic nitrogens is 2. The van der Waals surface area contributed by atoms with Crippen LogP contribution in [0.3, 0.4) is 0 Å². The molecule has 2 aliphatic heterocycles. The highest BCUT2D eigenvalue weighted by Gasteiger charge is 2.62. The Morgan fingerprint density at radius 3 is 2.25 bits per heavy atom. The Kier molecular flexibility index (Phi) is 10.6. The molecule has 12 nitrogen and oxygen atoms in total. The number of rotatable bonds is 12. The lowest BCUT2D eigenvalue weighted by Crippen LogP contribution is -2.65. The van der Waals surface area contributed by atoms with Crippen LogP contribution in [0.25, 0.3) is 0 Å². The van der Waals surface area contributed by atoms with Crippen molar-refractivity contribution in [3.63, 3.8) is 0 Å². The van der Waals surface area contributed by atoms with Gasteiger partial charge in [0.2, 0.25) is 17.7 Å². The van der Waals surface area contributed by atoms with Gasteiger partial charge >= 0.3 is 0 Å². The highest BCUT2D eigenvalue weighted by Crippen LogP contribution is 2.54. The van der Waals surface area contributed by atoms with Crippen LogP contribution in [-0.4, -0.2) is 94.6 Å². The van der Waals surface area contributed by atoms with E-state index in [0.717, 1.165) is 17.5 Å². The average Bonchev–Trinajstić information content (AvgIpc) is 3.41. The smallest absolute Gasteiger partial charge is 0.257 e. The summed E-state index contributed by atoms with van der Waals surface area (Å²) in [6.45, 7) is 8.07. The van der Waals surface area contributed by atoms with Gasteiger partial charge in [0.15, 0.2) is 0 Å². The van der Waals surface area contributed by atoms with Crippen molar-refractivity contribution in [1.82, 2.24) is 30.2 Å². The predicted molar refractivity (Wildman–Crippen MR) is 191 cm³/mol. The van der Waals surface area contributed by atoms with Gasteiger partial charge in [-0.1, -0.05) is 86.4 Å². The van der Waals surface area contributed by atoms with Gasteiger partial charge in [-0.3, -0.25) is 23.9 Å². The molecule has 1 spiro atoms. The van der Waals surface area contributed by atoms with Crippen LogP contribution in [0.15, 0.2) is 73.1 Å². The van der Waals surface area contributed by atoms with E-state index >= 15 is 0 Å². The highest BCUT2D eigenvalue weighted by atomic mass is 16.5. The fourth-order valence-electron chi connectivity index (χ4n) is 7.22. The Labute approximate surface area is 299 Å². The monoisotopic (exact) mass is 693 g/mol. The molecule has 4 N–H and O–H groups in total. The number of benzene rings is 2. The first-order valence-corrected chi connectivity index (χ1v) is 17.5. The van der Waals surface area contributed by atoms with Crippen molar-refractivity contribution in [2.75, 3.05) is 39.3 Å². The second kappa shape index (κ2) is 15.1. The van der Waals surface area contributed by atoms with Gasteiger partial charge in [0.1, 0.15) is 6.04 Å². The van der Waals surface area contributed by atoms with E-state index in [1.165, 1.54) is 0 Å². The van der Waals surface area contributed by atoms with E-state index in [1.54, 1.807) is 28.9 Å². The van der Waals surface area contributed by atoms with Gasteiger partial charge < -0.3 is 30.9 Å². The number of carbonyl (C=O) groups excluding carboxylic acids is 4. The molecule has 4 amide bonds. The van der Waals surface area contributed by atoms with E-state index in [2.05, 4.69) is 41.4 Å². The number of likely N-dealkylation sites (tertiary alicyclic amines) is 2. The second-order valence-corrected chi connectivity index (χ2v) is 14.7. The van der Waals surface area contributed by atoms with Crippen LogP contribution in [0.5, 0.6) is 0 Å². The van der Waals surface area contributed by atoms with Gasteiger partial charge in [0.05, 0.1) is 50.0 Å². The summed E-state index contributed by atoms with van der Waals surface area (Å²) < 4.78 is 7.82. The van der Waals surface area contributed by atoms with Gasteiger partial charge in [-0.2, -0.15) is 5.10 Å². The minimum Gasteiger partial charge on any atom is -0.371 e. The number of nitrogens with two attached hydrogens (primary N) is 1. The van der Waals surface area contributed by atoms with Gasteiger partial charge in [0.25, 0.3) is 5.91 Å². The topological polar surface area (TPSA) is 152 Å². The summed E-state index contributed by atoms with van der Waals surface area (Å²) in [5, 5.41) is 10.2. The first-order valence-electron chi connectivity index (χ1n) is 17.5. The lowest BCUT2D eigenvalue weighted by Gasteiger charge is -2.50. The van der Waals surface area contributed by atoms with Crippen molar-refractivity contribution in [1.29, 1.82) is 0 Å². The largest absolute Gasteiger partial charge is 0.371 e. The third kappa shape index (κ3) is 8.16. The van der Waals surface area contributed by atoms with E-state index in [0.29, 0.717) is 31.7 Å². The van der Waals surface area contributed by atoms with E-state index in [-0.39, 0.29) is 55.3 Å². The molecule has 4 atom stereocenters. The summed E-state index contributed by atoms with van der Waals surface area (Å²) in [4.78, 5) is 58.6. The zero-order chi connectivity index (χ0) is 36.2. The quantitative estimate of drug-likeness (QED) is 0.246. The Balaban J connectivity index is 1.19. The molecule has 1 unspecified atom stereocenters. The maximum Gasteiger partial charge on any atom is 0.257 e. The lowest BCUT2D eigenvalue weighted by atomic mass is 9.70. The summed E-state index contributed by atoms with van der Waals surface area (Å²) in [5.74, 6) is 3.87. The first kappa shape index (κ1) is 35.8. The van der Waals surface area contributed by atoms with Crippen LogP contribution in [0.1, 0.15) is 48.7 Å². The summed E-state index contributed by atoms with van der Waals surface area (Å²) in [6, 6.07) is 18.4. The summed E-state index contributed by atoms with van der Waals surface area (Å²) in [5.41, 5.74) is 7.20. The Bertz CT molecular complexity index is 1790. The van der Waals surface area contributed by atoms with Crippen LogP contribution >= 0.6 is 0 Å². The zero-order valence-corrected chi connectivity index (χ0v) is 29.5. The molecule has 0 radical (unpaired) electrons. The molecule has 1 aliphatic carbocycles. The molecule has 2 saturated heterocycles. The summed E-state index contributed by atoms with van der Waals surface area (Å²) in [6.07, 6.45) is 3.42. The van der Waals surface area contributed by atoms with Crippen LogP contribution in [-0.2, 0) is 32.3 Å². The SMILES string of the molecule is C[C@@H](OCc1ccccc1)[C@H](NC(=O)C1CN(C(=O)c2cnn(Cc3ccccc3)c2)CC12CN(C(=O)[C@H]1CC1(C)C)C2)C(=O)NCC#CCN. The molecule has 268 valence electrons. The maximum absolute atomic E-state index is 14.3. The standard InChI is InChI=1S/C39H47N7O5/c1-27(51-23-29-14-8-5-9-15-29)33(35(48)41-17-11-10-16-40)43-34(47)32-22-44(24-39(32)25-45(26-39)37(50)31-18-38(31,2)3)36(49)30-19-42-46(21-30)20-28-12-6-4-7-13-28/h4-9,12-15,19,21,27,31-33H,16-18,20,22-26,40H2,1-3H3,(H,41,48)(H,43,47)/t27-,31-,32?,33+/m1/s1. The molecule has 2 aromatic carbocycles. The third-order valence-corrected chi connectivity index (χ3v) is 10.4. The minimum absolute atomic E-state index is 0.0286. The molecule has 51 heavy (non-hydrogen) atoms. The van der Waals surface area contributed by atoms with Crippen molar-refractivity contribution in [2.45, 2.75) is 52.5 Å². The van der Waals surface area contributed by atoms with Gasteiger partial charge in [-0.15, -0.1) is 0 Å². The van der Waals surface area contributed by atoms with Gasteiger partial charge in [-0.25, -0.2) is 0 Å². The van der Waals surface area contributed by atoms with Crippen LogP contribution < -0.4 is 16.4 Å². The molecular formula is C39H47N7O5. The van der Waals surface area contributed by atoms with E-state index in [9.17, 15) is 19.2 Å². The van der Waals surface area contributed by atoms with Crippen LogP contribution in [0.4, 0.5) is 0 Å². The fourth-order valence-corrected chi connectivity index (χ4v) is 7.22. The van der Waals surface area contributed by atoms with Crippen molar-refractivity contribution >= 4 is 23.6 Å². The number of hydrogen-bond acceptors (Lipinski definition) is 7. The first-order chi connectivity index (χ1) is 24.5. The van der Waals surface area contributed by atoms with E-state index in [1.807, 2.05) is 65.6 Å². The molecule has 3 heterocycles. The Morgan fingerprint density at radius 1 is 0.961 bits per heavy atom. The molecule has 12 heteroatoms. The number of nitrogens with zero attached hydrogens (tertiary/aromatic N) is 4. The fraction of sp³-hybridized carbons (Fsp3) is 0.462. The number of carbonyl (C=O) groups is 4. The van der Waals surface area contributed by atoms with E-state index in [4.69, 9.17) is 10.5 Å². The average molecular weight is 694 g/mol. The van der Waals surface area contributed by atoms with Crippen molar-refractivity contribution in [2.24, 2.45) is 28.4 Å². The molecular weight excluding hydrogens is 646 g/mol. The number of amides is 4. The molecule has 1 aromatic heterocycles. The van der Waals surface area contributed by atoms with Gasteiger partial charge in [-0.05, 0) is 29.9 Å². The maximum atomic E-state index is 14.3. The summed E-state index contributed by atoms with van der Waals surface area (Å²) >= 11 is 0. The van der Waals surface area contributed by atoms with Crippen molar-refractivity contribution in [3.8, 4) is 11.8 Å². The Hall–Kier alpha value is -4.99. The molecule has 3 fully saturated rings. The Morgan fingerprint density at radius 2 is 1.61 bits per heavy atom. The molecule has 0 bridgehead atoms. The molecule has 3 aliphatic rings. The van der Waals surface area contributed by atoms with Gasteiger partial charge in [0, 0.05) is 43.7 Å². The number of nitrogens with one attached hydrogen (secondary N) is 2. The predicted octanol–water partition coefficient (Wildman–Crippen LogP) is 2.05. The third-order valence-electron chi connectivity index (χ3n) is 10.4. The van der Waals surface area contributed by atoms with E-state index < -0.39 is 29.4 Å². The lowest BCUT2D eigenvalue weighted by molar-refractivity contribution is -0.152.